The fourth-order valence-electron chi connectivity index (χ4n) is 1.61. The summed E-state index contributed by atoms with van der Waals surface area (Å²) in [6.45, 7) is 2.97. The number of anilines is 1. The van der Waals surface area contributed by atoms with Crippen LogP contribution in [0.1, 0.15) is 12.6 Å². The topological polar surface area (TPSA) is 24.9 Å². The standard InChI is InChI=1S/C14H14Cl2N2S/c1-2-17-11-5-6-18-12(8-11)9-19-14-7-10(15)3-4-13(14)16/h3-8H,2,9H2,1H3,(H,17,18). The summed E-state index contributed by atoms with van der Waals surface area (Å²) in [5.41, 5.74) is 2.10. The van der Waals surface area contributed by atoms with Crippen LogP contribution in [-0.4, -0.2) is 11.5 Å². The Morgan fingerprint density at radius 1 is 1.21 bits per heavy atom. The van der Waals surface area contributed by atoms with E-state index in [1.54, 1.807) is 17.8 Å². The van der Waals surface area contributed by atoms with E-state index >= 15 is 0 Å². The molecule has 0 spiro atoms. The van der Waals surface area contributed by atoms with E-state index in [0.29, 0.717) is 5.02 Å². The summed E-state index contributed by atoms with van der Waals surface area (Å²) in [7, 11) is 0. The van der Waals surface area contributed by atoms with Crippen LogP contribution in [0.2, 0.25) is 10.0 Å². The minimum absolute atomic E-state index is 0.696. The normalized spacial score (nSPS) is 10.5. The fourth-order valence-corrected chi connectivity index (χ4v) is 3.01. The van der Waals surface area contributed by atoms with Gasteiger partial charge in [0.25, 0.3) is 0 Å². The SMILES string of the molecule is CCNc1ccnc(CSc2cc(Cl)ccc2Cl)c1. The maximum atomic E-state index is 6.13. The lowest BCUT2D eigenvalue weighted by atomic mass is 10.3. The van der Waals surface area contributed by atoms with Gasteiger partial charge in [0.05, 0.1) is 10.7 Å². The van der Waals surface area contributed by atoms with Crippen LogP contribution >= 0.6 is 35.0 Å². The molecule has 0 aliphatic carbocycles. The molecule has 1 N–H and O–H groups in total. The number of rotatable bonds is 5. The first-order valence-electron chi connectivity index (χ1n) is 5.95. The summed E-state index contributed by atoms with van der Waals surface area (Å²) in [6.07, 6.45) is 1.81. The minimum Gasteiger partial charge on any atom is -0.385 e. The van der Waals surface area contributed by atoms with E-state index in [4.69, 9.17) is 23.2 Å². The van der Waals surface area contributed by atoms with Crippen molar-refractivity contribution in [3.63, 3.8) is 0 Å². The van der Waals surface area contributed by atoms with Crippen molar-refractivity contribution >= 4 is 40.7 Å². The monoisotopic (exact) mass is 312 g/mol. The molecule has 0 saturated carbocycles. The van der Waals surface area contributed by atoms with Crippen molar-refractivity contribution in [2.45, 2.75) is 17.6 Å². The Bertz CT molecular complexity index is 561. The number of nitrogens with one attached hydrogen (secondary N) is 1. The quantitative estimate of drug-likeness (QED) is 0.776. The van der Waals surface area contributed by atoms with Gasteiger partial charge in [-0.1, -0.05) is 23.2 Å². The van der Waals surface area contributed by atoms with Gasteiger partial charge in [0.15, 0.2) is 0 Å². The van der Waals surface area contributed by atoms with Crippen LogP contribution in [0.25, 0.3) is 0 Å². The molecular weight excluding hydrogens is 299 g/mol. The Kier molecular flexibility index (Phi) is 5.37. The molecule has 0 radical (unpaired) electrons. The highest BCUT2D eigenvalue weighted by atomic mass is 35.5. The molecule has 2 rings (SSSR count). The maximum Gasteiger partial charge on any atom is 0.0543 e. The Labute approximate surface area is 127 Å². The van der Waals surface area contributed by atoms with E-state index in [1.807, 2.05) is 24.4 Å². The summed E-state index contributed by atoms with van der Waals surface area (Å²) < 4.78 is 0. The number of hydrogen-bond acceptors (Lipinski definition) is 3. The Balaban J connectivity index is 2.05. The van der Waals surface area contributed by atoms with Gasteiger partial charge >= 0.3 is 0 Å². The predicted octanol–water partition coefficient (Wildman–Crippen LogP) is 5.11. The van der Waals surface area contributed by atoms with E-state index in [0.717, 1.165) is 33.6 Å². The second-order valence-electron chi connectivity index (χ2n) is 3.93. The Morgan fingerprint density at radius 2 is 2.05 bits per heavy atom. The summed E-state index contributed by atoms with van der Waals surface area (Å²) in [5.74, 6) is 0.763. The van der Waals surface area contributed by atoms with Gasteiger partial charge < -0.3 is 5.32 Å². The first kappa shape index (κ1) is 14.5. The molecule has 19 heavy (non-hydrogen) atoms. The zero-order valence-electron chi connectivity index (χ0n) is 10.5. The van der Waals surface area contributed by atoms with Crippen LogP contribution < -0.4 is 5.32 Å². The Morgan fingerprint density at radius 3 is 2.84 bits per heavy atom. The van der Waals surface area contributed by atoms with Gasteiger partial charge in [-0.25, -0.2) is 0 Å². The summed E-state index contributed by atoms with van der Waals surface area (Å²) in [5, 5.41) is 4.69. The average molecular weight is 313 g/mol. The molecule has 0 aliphatic heterocycles. The van der Waals surface area contributed by atoms with Crippen LogP contribution in [0, 0.1) is 0 Å². The summed E-state index contributed by atoms with van der Waals surface area (Å²) in [4.78, 5) is 5.33. The van der Waals surface area contributed by atoms with Crippen LogP contribution in [0.4, 0.5) is 5.69 Å². The molecule has 0 aliphatic rings. The van der Waals surface area contributed by atoms with E-state index in [-0.39, 0.29) is 0 Å². The van der Waals surface area contributed by atoms with Gasteiger partial charge in [-0.3, -0.25) is 4.98 Å². The first-order valence-corrected chi connectivity index (χ1v) is 7.70. The number of hydrogen-bond donors (Lipinski definition) is 1. The highest BCUT2D eigenvalue weighted by molar-refractivity contribution is 7.98. The summed E-state index contributed by atoms with van der Waals surface area (Å²) >= 11 is 13.7. The van der Waals surface area contributed by atoms with Crippen molar-refractivity contribution < 1.29 is 0 Å². The minimum atomic E-state index is 0.696. The first-order chi connectivity index (χ1) is 9.19. The second kappa shape index (κ2) is 7.04. The molecule has 1 heterocycles. The van der Waals surface area contributed by atoms with Gasteiger partial charge in [-0.05, 0) is 37.3 Å². The third kappa shape index (κ3) is 4.30. The fraction of sp³-hybridized carbons (Fsp3) is 0.214. The van der Waals surface area contributed by atoms with Crippen molar-refractivity contribution in [1.82, 2.24) is 4.98 Å². The van der Waals surface area contributed by atoms with E-state index in [2.05, 4.69) is 23.3 Å². The van der Waals surface area contributed by atoms with E-state index in [9.17, 15) is 0 Å². The van der Waals surface area contributed by atoms with Gasteiger partial charge in [0.1, 0.15) is 0 Å². The molecule has 0 saturated heterocycles. The molecule has 1 aromatic carbocycles. The van der Waals surface area contributed by atoms with Crippen molar-refractivity contribution in [2.75, 3.05) is 11.9 Å². The van der Waals surface area contributed by atoms with Gasteiger partial charge in [-0.2, -0.15) is 0 Å². The average Bonchev–Trinajstić information content (AvgIpc) is 2.41. The number of thioether (sulfide) groups is 1. The van der Waals surface area contributed by atoms with Gasteiger partial charge in [-0.15, -0.1) is 11.8 Å². The van der Waals surface area contributed by atoms with Crippen molar-refractivity contribution in [3.05, 3.63) is 52.3 Å². The van der Waals surface area contributed by atoms with Gasteiger partial charge in [0.2, 0.25) is 0 Å². The molecule has 5 heteroatoms. The van der Waals surface area contributed by atoms with Crippen LogP contribution in [0.3, 0.4) is 0 Å². The van der Waals surface area contributed by atoms with Crippen molar-refractivity contribution in [1.29, 1.82) is 0 Å². The van der Waals surface area contributed by atoms with Crippen molar-refractivity contribution in [3.8, 4) is 0 Å². The molecule has 0 amide bonds. The number of aromatic nitrogens is 1. The molecule has 0 atom stereocenters. The predicted molar refractivity (Wildman–Crippen MR) is 84.4 cm³/mol. The number of nitrogens with zero attached hydrogens (tertiary/aromatic N) is 1. The lowest BCUT2D eigenvalue weighted by Gasteiger charge is -2.07. The van der Waals surface area contributed by atoms with Crippen molar-refractivity contribution in [2.24, 2.45) is 0 Å². The maximum absolute atomic E-state index is 6.13. The number of benzene rings is 1. The summed E-state index contributed by atoms with van der Waals surface area (Å²) in [6, 6.07) is 9.49. The molecule has 2 nitrogen and oxygen atoms in total. The molecule has 2 aromatic rings. The highest BCUT2D eigenvalue weighted by Gasteiger charge is 2.04. The molecule has 0 unspecified atom stereocenters. The largest absolute Gasteiger partial charge is 0.385 e. The van der Waals surface area contributed by atoms with Crippen LogP contribution in [0.15, 0.2) is 41.4 Å². The second-order valence-corrected chi connectivity index (χ2v) is 5.79. The highest BCUT2D eigenvalue weighted by Crippen LogP contribution is 2.31. The number of halogens is 2. The zero-order valence-corrected chi connectivity index (χ0v) is 12.8. The van der Waals surface area contributed by atoms with Crippen LogP contribution in [0.5, 0.6) is 0 Å². The van der Waals surface area contributed by atoms with E-state index < -0.39 is 0 Å². The molecule has 1 aromatic heterocycles. The third-order valence-corrected chi connectivity index (χ3v) is 4.23. The molecule has 0 fully saturated rings. The smallest absolute Gasteiger partial charge is 0.0543 e. The van der Waals surface area contributed by atoms with Crippen LogP contribution in [-0.2, 0) is 5.75 Å². The molecule has 0 bridgehead atoms. The zero-order chi connectivity index (χ0) is 13.7. The molecule has 100 valence electrons. The third-order valence-electron chi connectivity index (χ3n) is 2.47. The lowest BCUT2D eigenvalue weighted by Crippen LogP contribution is -1.97. The van der Waals surface area contributed by atoms with Gasteiger partial charge in [0, 0.05) is 34.1 Å². The lowest BCUT2D eigenvalue weighted by molar-refractivity contribution is 1.15. The molecular formula is C14H14Cl2N2S. The Hall–Kier alpha value is -0.900. The number of pyridine rings is 1. The van der Waals surface area contributed by atoms with E-state index in [1.165, 1.54) is 0 Å².